The van der Waals surface area contributed by atoms with Crippen molar-refractivity contribution >= 4 is 5.78 Å². The Labute approximate surface area is 166 Å². The van der Waals surface area contributed by atoms with Crippen molar-refractivity contribution in [2.75, 3.05) is 20.6 Å². The lowest BCUT2D eigenvalue weighted by Gasteiger charge is -2.18. The molecule has 0 bridgehead atoms. The predicted octanol–water partition coefficient (Wildman–Crippen LogP) is 5.00. The van der Waals surface area contributed by atoms with Crippen LogP contribution in [0.5, 0.6) is 0 Å². The molecule has 0 aromatic heterocycles. The molecule has 0 aromatic carbocycles. The van der Waals surface area contributed by atoms with E-state index in [0.717, 1.165) is 32.1 Å². The minimum absolute atomic E-state index is 0.106. The van der Waals surface area contributed by atoms with Gasteiger partial charge in [0.1, 0.15) is 0 Å². The van der Waals surface area contributed by atoms with E-state index in [0.29, 0.717) is 11.8 Å². The first-order chi connectivity index (χ1) is 12.9. The van der Waals surface area contributed by atoms with Crippen LogP contribution in [0.1, 0.15) is 71.6 Å². The standard InChI is InChI=1S/C24H41NO2/c1-5-6-10-18(2)23(26)13-12-21-22-16-19(15-20(22)17-24(21)27)11-8-7-9-14-25(3)4/h12-13,15,18,20-22,24,27H,5-11,14,16-17H2,1-4H3/t18-,20+,21-,22+,24-/m1/s1. The Hall–Kier alpha value is -0.930. The number of aliphatic hydroxyl groups is 1. The summed E-state index contributed by atoms with van der Waals surface area (Å²) in [6.07, 6.45) is 16.2. The van der Waals surface area contributed by atoms with Gasteiger partial charge in [0.15, 0.2) is 5.78 Å². The average Bonchev–Trinajstić information content (AvgIpc) is 3.13. The third-order valence-corrected chi connectivity index (χ3v) is 6.51. The van der Waals surface area contributed by atoms with Crippen molar-refractivity contribution in [3.8, 4) is 0 Å². The Kier molecular flexibility index (Phi) is 9.25. The molecule has 0 aliphatic heterocycles. The molecule has 5 atom stereocenters. The van der Waals surface area contributed by atoms with Crippen molar-refractivity contribution in [2.45, 2.75) is 77.7 Å². The van der Waals surface area contributed by atoms with Gasteiger partial charge in [-0.25, -0.2) is 0 Å². The normalized spacial score (nSPS) is 28.7. The van der Waals surface area contributed by atoms with Crippen LogP contribution >= 0.6 is 0 Å². The van der Waals surface area contributed by atoms with Gasteiger partial charge in [-0.1, -0.05) is 50.8 Å². The molecule has 1 N–H and O–H groups in total. The Balaban J connectivity index is 1.79. The van der Waals surface area contributed by atoms with Gasteiger partial charge in [-0.2, -0.15) is 0 Å². The maximum absolute atomic E-state index is 12.3. The van der Waals surface area contributed by atoms with Crippen molar-refractivity contribution in [2.24, 2.45) is 23.7 Å². The van der Waals surface area contributed by atoms with E-state index in [1.165, 1.54) is 32.2 Å². The van der Waals surface area contributed by atoms with Crippen LogP contribution in [0.4, 0.5) is 0 Å². The number of nitrogens with zero attached hydrogens (tertiary/aromatic N) is 1. The fraction of sp³-hybridized carbons (Fsp3) is 0.792. The van der Waals surface area contributed by atoms with E-state index < -0.39 is 0 Å². The topological polar surface area (TPSA) is 40.5 Å². The van der Waals surface area contributed by atoms with E-state index in [4.69, 9.17) is 0 Å². The van der Waals surface area contributed by atoms with Gasteiger partial charge in [0, 0.05) is 11.8 Å². The predicted molar refractivity (Wildman–Crippen MR) is 114 cm³/mol. The second-order valence-electron chi connectivity index (χ2n) is 9.16. The van der Waals surface area contributed by atoms with Crippen LogP contribution in [0.3, 0.4) is 0 Å². The number of hydrogen-bond acceptors (Lipinski definition) is 3. The molecule has 0 radical (unpaired) electrons. The lowest BCUT2D eigenvalue weighted by atomic mass is 9.88. The highest BCUT2D eigenvalue weighted by molar-refractivity contribution is 5.91. The number of fused-ring (bicyclic) bond motifs is 1. The van der Waals surface area contributed by atoms with Gasteiger partial charge in [-0.3, -0.25) is 4.79 Å². The molecule has 154 valence electrons. The zero-order valence-electron chi connectivity index (χ0n) is 18.0. The zero-order chi connectivity index (χ0) is 19.8. The molecule has 0 aromatic rings. The van der Waals surface area contributed by atoms with Crippen LogP contribution in [-0.4, -0.2) is 42.5 Å². The van der Waals surface area contributed by atoms with E-state index in [1.807, 2.05) is 13.0 Å². The molecule has 2 rings (SSSR count). The molecule has 0 heterocycles. The summed E-state index contributed by atoms with van der Waals surface area (Å²) in [6.45, 7) is 5.37. The number of carbonyl (C=O) groups excluding carboxylic acids is 1. The monoisotopic (exact) mass is 375 g/mol. The third-order valence-electron chi connectivity index (χ3n) is 6.51. The maximum atomic E-state index is 12.3. The summed E-state index contributed by atoms with van der Waals surface area (Å²) in [4.78, 5) is 14.6. The van der Waals surface area contributed by atoms with Crippen molar-refractivity contribution in [1.82, 2.24) is 4.90 Å². The highest BCUT2D eigenvalue weighted by Gasteiger charge is 2.43. The summed E-state index contributed by atoms with van der Waals surface area (Å²) in [5, 5.41) is 10.5. The quantitative estimate of drug-likeness (QED) is 0.296. The van der Waals surface area contributed by atoms with Gasteiger partial charge in [0.25, 0.3) is 0 Å². The van der Waals surface area contributed by atoms with Gasteiger partial charge in [-0.05, 0) is 77.1 Å². The molecule has 2 aliphatic rings. The molecule has 1 fully saturated rings. The van der Waals surface area contributed by atoms with E-state index in [-0.39, 0.29) is 23.7 Å². The van der Waals surface area contributed by atoms with E-state index in [9.17, 15) is 9.90 Å². The highest BCUT2D eigenvalue weighted by atomic mass is 16.3. The minimum atomic E-state index is -0.284. The molecule has 3 nitrogen and oxygen atoms in total. The number of carbonyl (C=O) groups is 1. The second-order valence-corrected chi connectivity index (χ2v) is 9.16. The molecule has 0 spiro atoms. The second kappa shape index (κ2) is 11.2. The summed E-state index contributed by atoms with van der Waals surface area (Å²) in [5.74, 6) is 1.51. The molecule has 0 saturated heterocycles. The largest absolute Gasteiger partial charge is 0.392 e. The lowest BCUT2D eigenvalue weighted by Crippen LogP contribution is -2.18. The zero-order valence-corrected chi connectivity index (χ0v) is 18.0. The van der Waals surface area contributed by atoms with Crippen LogP contribution in [0.2, 0.25) is 0 Å². The molecule has 0 unspecified atom stereocenters. The number of allylic oxidation sites excluding steroid dienone is 3. The van der Waals surface area contributed by atoms with Gasteiger partial charge in [0.2, 0.25) is 0 Å². The summed E-state index contributed by atoms with van der Waals surface area (Å²) in [6, 6.07) is 0. The van der Waals surface area contributed by atoms with Crippen LogP contribution in [-0.2, 0) is 4.79 Å². The van der Waals surface area contributed by atoms with E-state index >= 15 is 0 Å². The number of hydrogen-bond donors (Lipinski definition) is 1. The summed E-state index contributed by atoms with van der Waals surface area (Å²) in [5.41, 5.74) is 1.59. The molecule has 1 saturated carbocycles. The Bertz CT molecular complexity index is 522. The Morgan fingerprint density at radius 2 is 2.07 bits per heavy atom. The number of rotatable bonds is 12. The number of aliphatic hydroxyl groups excluding tert-OH is 1. The van der Waals surface area contributed by atoms with E-state index in [2.05, 4.69) is 32.0 Å². The molecule has 27 heavy (non-hydrogen) atoms. The Morgan fingerprint density at radius 3 is 2.78 bits per heavy atom. The van der Waals surface area contributed by atoms with Crippen molar-refractivity contribution in [3.05, 3.63) is 23.8 Å². The fourth-order valence-electron chi connectivity index (χ4n) is 4.77. The fourth-order valence-corrected chi connectivity index (χ4v) is 4.77. The first-order valence-corrected chi connectivity index (χ1v) is 11.2. The van der Waals surface area contributed by atoms with Crippen molar-refractivity contribution in [3.63, 3.8) is 0 Å². The molecular formula is C24H41NO2. The molecule has 2 aliphatic carbocycles. The first kappa shape index (κ1) is 22.4. The highest BCUT2D eigenvalue weighted by Crippen LogP contribution is 2.48. The first-order valence-electron chi connectivity index (χ1n) is 11.2. The number of ketones is 1. The lowest BCUT2D eigenvalue weighted by molar-refractivity contribution is -0.117. The molecule has 0 amide bonds. The van der Waals surface area contributed by atoms with Crippen LogP contribution < -0.4 is 0 Å². The summed E-state index contributed by atoms with van der Waals surface area (Å²) >= 11 is 0. The van der Waals surface area contributed by atoms with Crippen molar-refractivity contribution in [1.29, 1.82) is 0 Å². The van der Waals surface area contributed by atoms with Gasteiger partial charge in [0.05, 0.1) is 6.10 Å². The third kappa shape index (κ3) is 6.87. The Morgan fingerprint density at radius 1 is 1.30 bits per heavy atom. The van der Waals surface area contributed by atoms with Gasteiger partial charge in [-0.15, -0.1) is 0 Å². The SMILES string of the molecule is CCCC[C@@H](C)C(=O)C=C[C@@H]1[C@H]2CC(CCCCCN(C)C)=C[C@H]2C[C@H]1O. The minimum Gasteiger partial charge on any atom is -0.392 e. The number of unbranched alkanes of at least 4 members (excludes halogenated alkanes) is 3. The van der Waals surface area contributed by atoms with Crippen LogP contribution in [0, 0.1) is 23.7 Å². The molecular weight excluding hydrogens is 334 g/mol. The van der Waals surface area contributed by atoms with Gasteiger partial charge < -0.3 is 10.0 Å². The smallest absolute Gasteiger partial charge is 0.158 e. The van der Waals surface area contributed by atoms with Crippen LogP contribution in [0.15, 0.2) is 23.8 Å². The van der Waals surface area contributed by atoms with Crippen molar-refractivity contribution < 1.29 is 9.90 Å². The van der Waals surface area contributed by atoms with E-state index in [1.54, 1.807) is 11.6 Å². The summed E-state index contributed by atoms with van der Waals surface area (Å²) < 4.78 is 0. The average molecular weight is 376 g/mol. The summed E-state index contributed by atoms with van der Waals surface area (Å²) in [7, 11) is 4.27. The van der Waals surface area contributed by atoms with Gasteiger partial charge >= 0.3 is 0 Å². The maximum Gasteiger partial charge on any atom is 0.158 e. The molecule has 3 heteroatoms. The van der Waals surface area contributed by atoms with Crippen LogP contribution in [0.25, 0.3) is 0 Å².